The number of likely N-dealkylation sites (N-methyl/N-ethyl adjacent to an activating group) is 1. The molecule has 23 heavy (non-hydrogen) atoms. The topological polar surface area (TPSA) is 64.6 Å². The van der Waals surface area contributed by atoms with Gasteiger partial charge in [0.05, 0.1) is 0 Å². The van der Waals surface area contributed by atoms with E-state index in [9.17, 15) is 4.79 Å². The smallest absolute Gasteiger partial charge is 0.317 e. The van der Waals surface area contributed by atoms with E-state index in [1.54, 1.807) is 12.4 Å². The highest BCUT2D eigenvalue weighted by Gasteiger charge is 2.26. The van der Waals surface area contributed by atoms with Crippen LogP contribution in [0, 0.1) is 0 Å². The molecule has 2 aliphatic heterocycles. The van der Waals surface area contributed by atoms with Crippen LogP contribution in [0.15, 0.2) is 18.5 Å². The number of hydrogen-bond donors (Lipinski definition) is 1. The largest absolute Gasteiger partial charge is 0.339 e. The maximum Gasteiger partial charge on any atom is 0.317 e. The summed E-state index contributed by atoms with van der Waals surface area (Å²) in [6.07, 6.45) is 5.59. The third-order valence-corrected chi connectivity index (χ3v) is 4.69. The Labute approximate surface area is 137 Å². The minimum absolute atomic E-state index is 0.0709. The molecule has 0 aliphatic carbocycles. The summed E-state index contributed by atoms with van der Waals surface area (Å²) < 4.78 is 0. The summed E-state index contributed by atoms with van der Waals surface area (Å²) in [6, 6.07) is 2.06. The lowest BCUT2D eigenvalue weighted by molar-refractivity contribution is 0.140. The molecule has 2 saturated heterocycles. The highest BCUT2D eigenvalue weighted by atomic mass is 16.2. The summed E-state index contributed by atoms with van der Waals surface area (Å²) in [7, 11) is 0. The normalized spacial score (nSPS) is 22.9. The van der Waals surface area contributed by atoms with Gasteiger partial charge in [-0.2, -0.15) is 0 Å². The maximum atomic E-state index is 12.5. The molecule has 2 fully saturated rings. The Morgan fingerprint density at radius 3 is 2.65 bits per heavy atom. The molecule has 1 unspecified atom stereocenters. The third kappa shape index (κ3) is 4.10. The van der Waals surface area contributed by atoms with Crippen LogP contribution in [0.3, 0.4) is 0 Å². The molecule has 1 aromatic rings. The van der Waals surface area contributed by atoms with Crippen molar-refractivity contribution in [2.75, 3.05) is 50.7 Å². The second kappa shape index (κ2) is 7.59. The van der Waals surface area contributed by atoms with Crippen LogP contribution in [0.5, 0.6) is 0 Å². The Kier molecular flexibility index (Phi) is 5.27. The molecule has 0 bridgehead atoms. The number of nitrogens with zero attached hydrogens (tertiary/aromatic N) is 5. The Morgan fingerprint density at radius 1 is 1.22 bits per heavy atom. The van der Waals surface area contributed by atoms with E-state index in [-0.39, 0.29) is 12.1 Å². The number of urea groups is 1. The van der Waals surface area contributed by atoms with Gasteiger partial charge in [-0.25, -0.2) is 14.8 Å². The van der Waals surface area contributed by atoms with E-state index in [1.807, 2.05) is 11.0 Å². The van der Waals surface area contributed by atoms with E-state index in [0.717, 1.165) is 64.6 Å². The molecule has 7 heteroatoms. The van der Waals surface area contributed by atoms with Gasteiger partial charge in [0, 0.05) is 57.7 Å². The van der Waals surface area contributed by atoms with Crippen LogP contribution >= 0.6 is 0 Å². The van der Waals surface area contributed by atoms with E-state index in [1.165, 1.54) is 0 Å². The summed E-state index contributed by atoms with van der Waals surface area (Å²) in [4.78, 5) is 27.5. The summed E-state index contributed by atoms with van der Waals surface area (Å²) in [6.45, 7) is 8.53. The first-order valence-electron chi connectivity index (χ1n) is 8.56. The second-order valence-electron chi connectivity index (χ2n) is 6.20. The minimum atomic E-state index is 0.0709. The summed E-state index contributed by atoms with van der Waals surface area (Å²) in [5.74, 6) is 0.753. The first kappa shape index (κ1) is 16.0. The van der Waals surface area contributed by atoms with Crippen LogP contribution in [0.2, 0.25) is 0 Å². The fourth-order valence-electron chi connectivity index (χ4n) is 3.26. The van der Waals surface area contributed by atoms with Gasteiger partial charge in [0.15, 0.2) is 0 Å². The Bertz CT molecular complexity index is 503. The Morgan fingerprint density at radius 2 is 1.96 bits per heavy atom. The number of carbonyl (C=O) groups excluding carboxylic acids is 1. The van der Waals surface area contributed by atoms with Gasteiger partial charge in [-0.05, 0) is 25.5 Å². The zero-order valence-electron chi connectivity index (χ0n) is 13.8. The number of hydrogen-bond acceptors (Lipinski definition) is 5. The highest BCUT2D eigenvalue weighted by Crippen LogP contribution is 2.15. The number of anilines is 1. The number of piperidine rings is 1. The molecular formula is C16H26N6O. The predicted molar refractivity (Wildman–Crippen MR) is 89.5 cm³/mol. The lowest BCUT2D eigenvalue weighted by Crippen LogP contribution is -2.56. The lowest BCUT2D eigenvalue weighted by atomic mass is 10.1. The van der Waals surface area contributed by atoms with Crippen molar-refractivity contribution in [3.8, 4) is 0 Å². The Balaban J connectivity index is 1.51. The van der Waals surface area contributed by atoms with E-state index < -0.39 is 0 Å². The average molecular weight is 318 g/mol. The molecule has 126 valence electrons. The van der Waals surface area contributed by atoms with Gasteiger partial charge in [-0.1, -0.05) is 6.92 Å². The highest BCUT2D eigenvalue weighted by molar-refractivity contribution is 5.74. The van der Waals surface area contributed by atoms with Gasteiger partial charge in [-0.15, -0.1) is 0 Å². The first-order chi connectivity index (χ1) is 11.3. The molecular weight excluding hydrogens is 292 g/mol. The summed E-state index contributed by atoms with van der Waals surface area (Å²) in [5, 5.41) is 3.19. The number of nitrogens with one attached hydrogen (secondary N) is 1. The molecule has 3 heterocycles. The maximum absolute atomic E-state index is 12.5. The van der Waals surface area contributed by atoms with Crippen LogP contribution in [-0.2, 0) is 0 Å². The SMILES string of the molecule is CCN1CCN(C(=O)NC2CCCN(c3ncccn3)C2)CC1. The summed E-state index contributed by atoms with van der Waals surface area (Å²) >= 11 is 0. The van der Waals surface area contributed by atoms with Crippen molar-refractivity contribution in [1.82, 2.24) is 25.1 Å². The van der Waals surface area contributed by atoms with Crippen LogP contribution < -0.4 is 10.2 Å². The first-order valence-corrected chi connectivity index (χ1v) is 8.56. The fourth-order valence-corrected chi connectivity index (χ4v) is 3.26. The van der Waals surface area contributed by atoms with Crippen molar-refractivity contribution in [3.05, 3.63) is 18.5 Å². The van der Waals surface area contributed by atoms with Gasteiger partial charge in [0.2, 0.25) is 5.95 Å². The van der Waals surface area contributed by atoms with Gasteiger partial charge in [0.25, 0.3) is 0 Å². The molecule has 0 aromatic carbocycles. The molecule has 2 amide bonds. The van der Waals surface area contributed by atoms with Gasteiger partial charge < -0.3 is 20.0 Å². The van der Waals surface area contributed by atoms with Crippen molar-refractivity contribution in [2.24, 2.45) is 0 Å². The molecule has 2 aliphatic rings. The van der Waals surface area contributed by atoms with E-state index in [4.69, 9.17) is 0 Å². The Hall–Kier alpha value is -1.89. The minimum Gasteiger partial charge on any atom is -0.339 e. The van der Waals surface area contributed by atoms with Crippen molar-refractivity contribution in [1.29, 1.82) is 0 Å². The van der Waals surface area contributed by atoms with E-state index >= 15 is 0 Å². The van der Waals surface area contributed by atoms with Crippen molar-refractivity contribution >= 4 is 12.0 Å². The molecule has 0 radical (unpaired) electrons. The van der Waals surface area contributed by atoms with Gasteiger partial charge >= 0.3 is 6.03 Å². The summed E-state index contributed by atoms with van der Waals surface area (Å²) in [5.41, 5.74) is 0. The second-order valence-corrected chi connectivity index (χ2v) is 6.20. The number of carbonyl (C=O) groups is 1. The third-order valence-electron chi connectivity index (χ3n) is 4.69. The van der Waals surface area contributed by atoms with Crippen molar-refractivity contribution in [2.45, 2.75) is 25.8 Å². The number of aromatic nitrogens is 2. The van der Waals surface area contributed by atoms with Gasteiger partial charge in [-0.3, -0.25) is 0 Å². The molecule has 1 N–H and O–H groups in total. The van der Waals surface area contributed by atoms with Crippen molar-refractivity contribution in [3.63, 3.8) is 0 Å². The number of amides is 2. The molecule has 0 spiro atoms. The quantitative estimate of drug-likeness (QED) is 0.893. The molecule has 3 rings (SSSR count). The number of rotatable bonds is 3. The standard InChI is InChI=1S/C16H26N6O/c1-2-20-9-11-21(12-10-20)16(23)19-14-5-3-8-22(13-14)15-17-6-4-7-18-15/h4,6-7,14H,2-3,5,8-13H2,1H3,(H,19,23). The van der Waals surface area contributed by atoms with Crippen LogP contribution in [-0.4, -0.2) is 77.7 Å². The van der Waals surface area contributed by atoms with Crippen LogP contribution in [0.4, 0.5) is 10.7 Å². The van der Waals surface area contributed by atoms with Gasteiger partial charge in [0.1, 0.15) is 0 Å². The van der Waals surface area contributed by atoms with Crippen LogP contribution in [0.1, 0.15) is 19.8 Å². The average Bonchev–Trinajstić information content (AvgIpc) is 2.63. The lowest BCUT2D eigenvalue weighted by Gasteiger charge is -2.37. The number of piperazine rings is 1. The molecule has 1 aromatic heterocycles. The van der Waals surface area contributed by atoms with Crippen molar-refractivity contribution < 1.29 is 4.79 Å². The molecule has 1 atom stereocenters. The zero-order chi connectivity index (χ0) is 16.1. The molecule has 0 saturated carbocycles. The molecule has 7 nitrogen and oxygen atoms in total. The monoisotopic (exact) mass is 318 g/mol. The zero-order valence-corrected chi connectivity index (χ0v) is 13.8. The predicted octanol–water partition coefficient (Wildman–Crippen LogP) is 0.793. The van der Waals surface area contributed by atoms with E-state index in [0.29, 0.717) is 0 Å². The fraction of sp³-hybridized carbons (Fsp3) is 0.688. The van der Waals surface area contributed by atoms with E-state index in [2.05, 4.69) is 32.0 Å². The van der Waals surface area contributed by atoms with Crippen LogP contribution in [0.25, 0.3) is 0 Å².